The van der Waals surface area contributed by atoms with Crippen LogP contribution in [-0.4, -0.2) is 23.1 Å². The monoisotopic (exact) mass is 345 g/mol. The van der Waals surface area contributed by atoms with E-state index in [4.69, 9.17) is 4.74 Å². The van der Waals surface area contributed by atoms with Crippen LogP contribution in [0.15, 0.2) is 53.4 Å². The summed E-state index contributed by atoms with van der Waals surface area (Å²) in [6, 6.07) is 15.9. The van der Waals surface area contributed by atoms with Gasteiger partial charge in [-0.2, -0.15) is 0 Å². The second-order valence-corrected chi connectivity index (χ2v) is 8.61. The summed E-state index contributed by atoms with van der Waals surface area (Å²) in [5, 5.41) is 3.53. The first kappa shape index (κ1) is 18.5. The molecule has 2 aromatic carbocycles. The van der Waals surface area contributed by atoms with Crippen LogP contribution >= 0.6 is 0 Å². The van der Waals surface area contributed by atoms with Gasteiger partial charge in [-0.3, -0.25) is 4.21 Å². The van der Waals surface area contributed by atoms with Crippen molar-refractivity contribution in [3.8, 4) is 5.75 Å². The van der Waals surface area contributed by atoms with Crippen LogP contribution < -0.4 is 10.1 Å². The average molecular weight is 346 g/mol. The molecule has 0 bridgehead atoms. The lowest BCUT2D eigenvalue weighted by molar-refractivity contribution is 0.362. The molecule has 0 fully saturated rings. The molecule has 0 aliphatic rings. The molecule has 0 radical (unpaired) electrons. The first-order valence-electron chi connectivity index (χ1n) is 8.15. The fourth-order valence-electron chi connectivity index (χ4n) is 2.33. The van der Waals surface area contributed by atoms with Gasteiger partial charge in [0.05, 0.1) is 17.9 Å². The Hall–Kier alpha value is -1.81. The van der Waals surface area contributed by atoms with Gasteiger partial charge in [-0.1, -0.05) is 38.5 Å². The molecule has 24 heavy (non-hydrogen) atoms. The van der Waals surface area contributed by atoms with Gasteiger partial charge in [0.1, 0.15) is 5.75 Å². The average Bonchev–Trinajstić information content (AvgIpc) is 2.54. The zero-order chi connectivity index (χ0) is 17.7. The summed E-state index contributed by atoms with van der Waals surface area (Å²) in [4.78, 5) is 0.881. The highest BCUT2D eigenvalue weighted by Crippen LogP contribution is 2.26. The molecule has 2 rings (SSSR count). The SMILES string of the molecule is COc1ccc(N[C@@H](CS(=O)c2ccc(C)cc2)C(C)(C)C)cc1. The van der Waals surface area contributed by atoms with Crippen molar-refractivity contribution in [1.29, 1.82) is 0 Å². The fraction of sp³-hybridized carbons (Fsp3) is 0.400. The molecule has 0 heterocycles. The summed E-state index contributed by atoms with van der Waals surface area (Å²) >= 11 is 0. The molecule has 1 N–H and O–H groups in total. The third-order valence-electron chi connectivity index (χ3n) is 4.08. The van der Waals surface area contributed by atoms with Crippen LogP contribution in [0.1, 0.15) is 26.3 Å². The Morgan fingerprint density at radius 1 is 1.04 bits per heavy atom. The number of nitrogens with one attached hydrogen (secondary N) is 1. The van der Waals surface area contributed by atoms with Gasteiger partial charge in [-0.25, -0.2) is 0 Å². The zero-order valence-corrected chi connectivity index (χ0v) is 15.9. The first-order valence-corrected chi connectivity index (χ1v) is 9.47. The molecule has 3 nitrogen and oxygen atoms in total. The number of hydrogen-bond donors (Lipinski definition) is 1. The summed E-state index contributed by atoms with van der Waals surface area (Å²) in [6.45, 7) is 8.54. The van der Waals surface area contributed by atoms with Gasteiger partial charge >= 0.3 is 0 Å². The Balaban J connectivity index is 2.13. The van der Waals surface area contributed by atoms with Gasteiger partial charge in [0.25, 0.3) is 0 Å². The highest BCUT2D eigenvalue weighted by molar-refractivity contribution is 7.85. The minimum absolute atomic E-state index is 0.0136. The van der Waals surface area contributed by atoms with Gasteiger partial charge in [-0.15, -0.1) is 0 Å². The Morgan fingerprint density at radius 2 is 1.62 bits per heavy atom. The third kappa shape index (κ3) is 5.10. The molecular weight excluding hydrogens is 318 g/mol. The van der Waals surface area contributed by atoms with Gasteiger partial charge < -0.3 is 10.1 Å². The topological polar surface area (TPSA) is 38.3 Å². The normalized spacial score (nSPS) is 14.0. The molecule has 0 saturated carbocycles. The highest BCUT2D eigenvalue weighted by atomic mass is 32.2. The molecule has 4 heteroatoms. The molecule has 0 aliphatic carbocycles. The zero-order valence-electron chi connectivity index (χ0n) is 15.1. The van der Waals surface area contributed by atoms with E-state index in [0.29, 0.717) is 5.75 Å². The minimum atomic E-state index is -1.04. The maximum absolute atomic E-state index is 12.8. The lowest BCUT2D eigenvalue weighted by Gasteiger charge is -2.32. The molecular formula is C20H27NO2S. The predicted molar refractivity (Wildman–Crippen MR) is 102 cm³/mol. The molecule has 0 amide bonds. The van der Waals surface area contributed by atoms with Crippen LogP contribution in [0, 0.1) is 12.3 Å². The van der Waals surface area contributed by atoms with Crippen molar-refractivity contribution in [1.82, 2.24) is 0 Å². The maximum atomic E-state index is 12.8. The molecule has 0 aromatic heterocycles. The van der Waals surface area contributed by atoms with Crippen molar-refractivity contribution in [2.45, 2.75) is 38.6 Å². The van der Waals surface area contributed by atoms with Crippen LogP contribution in [-0.2, 0) is 10.8 Å². The van der Waals surface area contributed by atoms with E-state index >= 15 is 0 Å². The summed E-state index contributed by atoms with van der Waals surface area (Å²) in [6.07, 6.45) is 0. The molecule has 1 unspecified atom stereocenters. The van der Waals surface area contributed by atoms with Crippen LogP contribution in [0.3, 0.4) is 0 Å². The molecule has 2 aromatic rings. The Morgan fingerprint density at radius 3 is 2.12 bits per heavy atom. The summed E-state index contributed by atoms with van der Waals surface area (Å²) < 4.78 is 18.0. The minimum Gasteiger partial charge on any atom is -0.497 e. The van der Waals surface area contributed by atoms with Crippen molar-refractivity contribution in [2.75, 3.05) is 18.2 Å². The van der Waals surface area contributed by atoms with Crippen LogP contribution in [0.2, 0.25) is 0 Å². The fourth-order valence-corrected chi connectivity index (χ4v) is 3.85. The lowest BCUT2D eigenvalue weighted by Crippen LogP contribution is -2.38. The summed E-state index contributed by atoms with van der Waals surface area (Å²) in [7, 11) is 0.623. The Bertz CT molecular complexity index is 672. The van der Waals surface area contributed by atoms with Crippen molar-refractivity contribution in [3.63, 3.8) is 0 Å². The van der Waals surface area contributed by atoms with Gasteiger partial charge in [0.15, 0.2) is 0 Å². The Kier molecular flexibility index (Phi) is 6.05. The van der Waals surface area contributed by atoms with E-state index in [1.807, 2.05) is 55.5 Å². The van der Waals surface area contributed by atoms with Gasteiger partial charge in [0, 0.05) is 22.4 Å². The molecule has 2 atom stereocenters. The summed E-state index contributed by atoms with van der Waals surface area (Å²) in [5.74, 6) is 1.40. The summed E-state index contributed by atoms with van der Waals surface area (Å²) in [5.41, 5.74) is 2.18. The second-order valence-electron chi connectivity index (χ2n) is 7.12. The smallest absolute Gasteiger partial charge is 0.119 e. The van der Waals surface area contributed by atoms with Crippen molar-refractivity contribution in [3.05, 3.63) is 54.1 Å². The molecule has 0 aliphatic heterocycles. The largest absolute Gasteiger partial charge is 0.497 e. The predicted octanol–water partition coefficient (Wildman–Crippen LogP) is 4.64. The second kappa shape index (κ2) is 7.84. The number of aryl methyl sites for hydroxylation is 1. The maximum Gasteiger partial charge on any atom is 0.119 e. The standard InChI is InChI=1S/C20H27NO2S/c1-15-6-12-18(13-7-15)24(22)14-19(20(2,3)4)21-16-8-10-17(23-5)11-9-16/h6-13,19,21H,14H2,1-5H3/t19-,24?/m0/s1. The van der Waals surface area contributed by atoms with Crippen molar-refractivity contribution < 1.29 is 8.95 Å². The number of methoxy groups -OCH3 is 1. The van der Waals surface area contributed by atoms with E-state index in [-0.39, 0.29) is 11.5 Å². The van der Waals surface area contributed by atoms with E-state index in [1.54, 1.807) is 7.11 Å². The number of hydrogen-bond acceptors (Lipinski definition) is 3. The Labute approximate surface area is 147 Å². The number of rotatable bonds is 6. The van der Waals surface area contributed by atoms with Gasteiger partial charge in [-0.05, 0) is 48.7 Å². The molecule has 0 spiro atoms. The van der Waals surface area contributed by atoms with E-state index in [0.717, 1.165) is 16.3 Å². The van der Waals surface area contributed by atoms with Crippen molar-refractivity contribution >= 4 is 16.5 Å². The van der Waals surface area contributed by atoms with E-state index < -0.39 is 10.8 Å². The van der Waals surface area contributed by atoms with E-state index in [9.17, 15) is 4.21 Å². The first-order chi connectivity index (χ1) is 11.3. The van der Waals surface area contributed by atoms with E-state index in [2.05, 4.69) is 26.1 Å². The molecule has 130 valence electrons. The van der Waals surface area contributed by atoms with Crippen molar-refractivity contribution in [2.24, 2.45) is 5.41 Å². The number of ether oxygens (including phenoxy) is 1. The van der Waals surface area contributed by atoms with E-state index in [1.165, 1.54) is 5.56 Å². The third-order valence-corrected chi connectivity index (χ3v) is 5.51. The van der Waals surface area contributed by atoms with Crippen LogP contribution in [0.4, 0.5) is 5.69 Å². The number of anilines is 1. The highest BCUT2D eigenvalue weighted by Gasteiger charge is 2.27. The lowest BCUT2D eigenvalue weighted by atomic mass is 9.88. The quantitative estimate of drug-likeness (QED) is 0.829. The van der Waals surface area contributed by atoms with Crippen LogP contribution in [0.5, 0.6) is 5.75 Å². The van der Waals surface area contributed by atoms with Gasteiger partial charge in [0.2, 0.25) is 0 Å². The number of benzene rings is 2. The van der Waals surface area contributed by atoms with Crippen LogP contribution in [0.25, 0.3) is 0 Å². The molecule has 0 saturated heterocycles.